The lowest BCUT2D eigenvalue weighted by molar-refractivity contribution is 0.423. The highest BCUT2D eigenvalue weighted by atomic mass is 32.1. The second-order valence-electron chi connectivity index (χ2n) is 3.40. The van der Waals surface area contributed by atoms with Crippen molar-refractivity contribution < 1.29 is 13.5 Å². The predicted molar refractivity (Wildman–Crippen MR) is 66.6 cm³/mol. The van der Waals surface area contributed by atoms with Crippen LogP contribution in [0.15, 0.2) is 36.5 Å². The van der Waals surface area contributed by atoms with E-state index in [1.165, 1.54) is 12.3 Å². The van der Waals surface area contributed by atoms with E-state index in [9.17, 15) is 8.78 Å². The minimum atomic E-state index is -0.824. The molecule has 1 aromatic heterocycles. The molecule has 0 saturated heterocycles. The maximum Gasteiger partial charge on any atom is 0.229 e. The summed E-state index contributed by atoms with van der Waals surface area (Å²) in [5, 5.41) is 0. The second kappa shape index (κ2) is 5.05. The van der Waals surface area contributed by atoms with Crippen molar-refractivity contribution in [3.63, 3.8) is 0 Å². The molecule has 0 bridgehead atoms. The summed E-state index contributed by atoms with van der Waals surface area (Å²) >= 11 is 4.82. The Balaban J connectivity index is 2.37. The van der Waals surface area contributed by atoms with Gasteiger partial charge in [-0.25, -0.2) is 13.8 Å². The van der Waals surface area contributed by atoms with E-state index >= 15 is 0 Å². The molecule has 0 aliphatic rings. The van der Waals surface area contributed by atoms with Crippen LogP contribution in [0.1, 0.15) is 5.56 Å². The molecular weight excluding hydrogens is 258 g/mol. The maximum atomic E-state index is 13.4. The lowest BCUT2D eigenvalue weighted by atomic mass is 10.2. The number of aromatic nitrogens is 1. The zero-order valence-electron chi connectivity index (χ0n) is 9.06. The molecule has 1 heterocycles. The van der Waals surface area contributed by atoms with E-state index in [4.69, 9.17) is 22.7 Å². The fraction of sp³-hybridized carbons (Fsp3) is 0. The molecule has 3 nitrogen and oxygen atoms in total. The minimum absolute atomic E-state index is 0.0792. The Morgan fingerprint density at radius 1 is 1.28 bits per heavy atom. The first-order chi connectivity index (χ1) is 8.58. The van der Waals surface area contributed by atoms with Gasteiger partial charge >= 0.3 is 0 Å². The van der Waals surface area contributed by atoms with Gasteiger partial charge in [0, 0.05) is 12.3 Å². The third kappa shape index (κ3) is 2.60. The van der Waals surface area contributed by atoms with E-state index in [0.717, 1.165) is 12.1 Å². The fourth-order valence-corrected chi connectivity index (χ4v) is 1.48. The zero-order chi connectivity index (χ0) is 13.1. The van der Waals surface area contributed by atoms with E-state index in [1.807, 2.05) is 0 Å². The first kappa shape index (κ1) is 12.4. The number of hydrogen-bond donors (Lipinski definition) is 1. The molecule has 0 atom stereocenters. The number of thiocarbonyl (C=S) groups is 1. The Morgan fingerprint density at radius 2 is 2.06 bits per heavy atom. The van der Waals surface area contributed by atoms with E-state index in [0.29, 0.717) is 5.56 Å². The number of ether oxygens (including phenoxy) is 1. The van der Waals surface area contributed by atoms with Crippen molar-refractivity contribution in [2.24, 2.45) is 5.73 Å². The molecular formula is C12H8F2N2OS. The normalized spacial score (nSPS) is 10.1. The van der Waals surface area contributed by atoms with Crippen LogP contribution in [0.2, 0.25) is 0 Å². The van der Waals surface area contributed by atoms with E-state index < -0.39 is 11.6 Å². The summed E-state index contributed by atoms with van der Waals surface area (Å²) in [4.78, 5) is 3.99. The van der Waals surface area contributed by atoms with Crippen LogP contribution in [-0.2, 0) is 0 Å². The topological polar surface area (TPSA) is 48.1 Å². The lowest BCUT2D eigenvalue weighted by Gasteiger charge is -2.09. The van der Waals surface area contributed by atoms with Crippen molar-refractivity contribution >= 4 is 17.2 Å². The molecule has 0 fully saturated rings. The number of nitrogens with two attached hydrogens (primary N) is 1. The van der Waals surface area contributed by atoms with Crippen LogP contribution >= 0.6 is 12.2 Å². The predicted octanol–water partition coefficient (Wildman–Crippen LogP) is 2.79. The van der Waals surface area contributed by atoms with Gasteiger partial charge in [0.15, 0.2) is 11.6 Å². The molecule has 0 aliphatic carbocycles. The van der Waals surface area contributed by atoms with Crippen LogP contribution in [0.3, 0.4) is 0 Å². The van der Waals surface area contributed by atoms with Gasteiger partial charge < -0.3 is 10.5 Å². The standard InChI is InChI=1S/C12H8F2N2OS/c13-7-3-4-10(9(14)6-7)17-12-8(11(15)18)2-1-5-16-12/h1-6H,(H2,15,18). The second-order valence-corrected chi connectivity index (χ2v) is 3.84. The zero-order valence-corrected chi connectivity index (χ0v) is 9.88. The van der Waals surface area contributed by atoms with E-state index in [-0.39, 0.29) is 16.6 Å². The molecule has 0 amide bonds. The van der Waals surface area contributed by atoms with Gasteiger partial charge in [0.05, 0.1) is 5.56 Å². The van der Waals surface area contributed by atoms with Gasteiger partial charge in [-0.2, -0.15) is 0 Å². The first-order valence-electron chi connectivity index (χ1n) is 4.95. The number of rotatable bonds is 3. The van der Waals surface area contributed by atoms with Crippen molar-refractivity contribution in [3.05, 3.63) is 53.7 Å². The molecule has 0 spiro atoms. The van der Waals surface area contributed by atoms with Crippen molar-refractivity contribution in [2.75, 3.05) is 0 Å². The molecule has 0 radical (unpaired) electrons. The monoisotopic (exact) mass is 266 g/mol. The number of benzene rings is 1. The van der Waals surface area contributed by atoms with Gasteiger partial charge in [0.25, 0.3) is 0 Å². The average Bonchev–Trinajstić information content (AvgIpc) is 2.33. The number of hydrogen-bond acceptors (Lipinski definition) is 3. The third-order valence-electron chi connectivity index (χ3n) is 2.14. The van der Waals surface area contributed by atoms with Gasteiger partial charge in [-0.05, 0) is 24.3 Å². The first-order valence-corrected chi connectivity index (χ1v) is 5.36. The van der Waals surface area contributed by atoms with Gasteiger partial charge in [-0.1, -0.05) is 12.2 Å². The van der Waals surface area contributed by atoms with Gasteiger partial charge in [-0.15, -0.1) is 0 Å². The van der Waals surface area contributed by atoms with Gasteiger partial charge in [-0.3, -0.25) is 0 Å². The molecule has 2 aromatic rings. The summed E-state index contributed by atoms with van der Waals surface area (Å²) in [5.74, 6) is -1.58. The van der Waals surface area contributed by atoms with Crippen LogP contribution in [0.5, 0.6) is 11.6 Å². The molecule has 2 N–H and O–H groups in total. The SMILES string of the molecule is NC(=S)c1cccnc1Oc1ccc(F)cc1F. The van der Waals surface area contributed by atoms with Crippen LogP contribution in [-0.4, -0.2) is 9.97 Å². The highest BCUT2D eigenvalue weighted by molar-refractivity contribution is 7.80. The van der Waals surface area contributed by atoms with Crippen LogP contribution in [0.25, 0.3) is 0 Å². The largest absolute Gasteiger partial charge is 0.435 e. The Kier molecular flexibility index (Phi) is 3.47. The fourth-order valence-electron chi connectivity index (χ4n) is 1.32. The Labute approximate surface area is 107 Å². The summed E-state index contributed by atoms with van der Waals surface area (Å²) in [5.41, 5.74) is 5.87. The van der Waals surface area contributed by atoms with Crippen molar-refractivity contribution in [3.8, 4) is 11.6 Å². The molecule has 6 heteroatoms. The molecule has 92 valence electrons. The Morgan fingerprint density at radius 3 is 2.72 bits per heavy atom. The molecule has 18 heavy (non-hydrogen) atoms. The average molecular weight is 266 g/mol. The lowest BCUT2D eigenvalue weighted by Crippen LogP contribution is -2.11. The number of halogens is 2. The molecule has 2 rings (SSSR count). The van der Waals surface area contributed by atoms with Crippen LogP contribution in [0, 0.1) is 11.6 Å². The smallest absolute Gasteiger partial charge is 0.229 e. The van der Waals surface area contributed by atoms with Crippen LogP contribution in [0.4, 0.5) is 8.78 Å². The number of pyridine rings is 1. The Hall–Kier alpha value is -2.08. The number of nitrogens with zero attached hydrogens (tertiary/aromatic N) is 1. The third-order valence-corrected chi connectivity index (χ3v) is 2.36. The molecule has 0 unspecified atom stereocenters. The summed E-state index contributed by atoms with van der Waals surface area (Å²) in [6.45, 7) is 0. The van der Waals surface area contributed by atoms with Crippen molar-refractivity contribution in [2.45, 2.75) is 0 Å². The Bertz CT molecular complexity index is 604. The van der Waals surface area contributed by atoms with Gasteiger partial charge in [0.2, 0.25) is 5.88 Å². The highest BCUT2D eigenvalue weighted by Gasteiger charge is 2.11. The molecule has 0 aliphatic heterocycles. The van der Waals surface area contributed by atoms with Crippen molar-refractivity contribution in [1.82, 2.24) is 4.98 Å². The highest BCUT2D eigenvalue weighted by Crippen LogP contribution is 2.25. The molecule has 1 aromatic carbocycles. The molecule has 0 saturated carbocycles. The maximum absolute atomic E-state index is 13.4. The van der Waals surface area contributed by atoms with Gasteiger partial charge in [0.1, 0.15) is 10.8 Å². The summed E-state index contributed by atoms with van der Waals surface area (Å²) in [6.07, 6.45) is 1.46. The summed E-state index contributed by atoms with van der Waals surface area (Å²) < 4.78 is 31.4. The van der Waals surface area contributed by atoms with Crippen molar-refractivity contribution in [1.29, 1.82) is 0 Å². The van der Waals surface area contributed by atoms with E-state index in [2.05, 4.69) is 4.98 Å². The quantitative estimate of drug-likeness (QED) is 0.868. The summed E-state index contributed by atoms with van der Waals surface area (Å²) in [7, 11) is 0. The van der Waals surface area contributed by atoms with Crippen LogP contribution < -0.4 is 10.5 Å². The summed E-state index contributed by atoms with van der Waals surface area (Å²) in [6, 6.07) is 6.21. The minimum Gasteiger partial charge on any atom is -0.435 e. The van der Waals surface area contributed by atoms with E-state index in [1.54, 1.807) is 12.1 Å².